The molecule has 9 heteroatoms. The summed E-state index contributed by atoms with van der Waals surface area (Å²) in [4.78, 5) is 24.9. The second-order valence-corrected chi connectivity index (χ2v) is 6.76. The van der Waals surface area contributed by atoms with Crippen LogP contribution in [0.2, 0.25) is 0 Å². The molecule has 0 bridgehead atoms. The standard InChI is InChI=1S/C20H26N4O5/c1-27-7-6-21-20(26)16-11-22-24-12-14(10-17(16)24)23-19(25)9-13-8-15(28-2)4-5-18(13)29-3/h4-5,8,11,14H,6-7,9-10,12H2,1-3H3,(H,21,26)(H,23,25)/t14-/m0/s1. The van der Waals surface area contributed by atoms with Gasteiger partial charge in [0, 0.05) is 25.6 Å². The predicted octanol–water partition coefficient (Wildman–Crippen LogP) is 0.560. The van der Waals surface area contributed by atoms with Crippen LogP contribution in [0.5, 0.6) is 11.5 Å². The summed E-state index contributed by atoms with van der Waals surface area (Å²) in [5.41, 5.74) is 2.11. The molecule has 2 amide bonds. The van der Waals surface area contributed by atoms with Crippen LogP contribution < -0.4 is 20.1 Å². The fourth-order valence-corrected chi connectivity index (χ4v) is 3.41. The molecule has 9 nitrogen and oxygen atoms in total. The molecule has 0 aliphatic carbocycles. The van der Waals surface area contributed by atoms with Gasteiger partial charge in [0.05, 0.1) is 57.3 Å². The number of ether oxygens (including phenoxy) is 3. The van der Waals surface area contributed by atoms with E-state index >= 15 is 0 Å². The Morgan fingerprint density at radius 3 is 2.79 bits per heavy atom. The number of benzene rings is 1. The number of carbonyl (C=O) groups excluding carboxylic acids is 2. The number of nitrogens with one attached hydrogen (secondary N) is 2. The van der Waals surface area contributed by atoms with Gasteiger partial charge in [-0.3, -0.25) is 14.3 Å². The molecule has 1 aromatic carbocycles. The van der Waals surface area contributed by atoms with Crippen LogP contribution in [0.3, 0.4) is 0 Å². The number of nitrogens with zero attached hydrogens (tertiary/aromatic N) is 2. The Hall–Kier alpha value is -3.07. The molecule has 2 aromatic rings. The quantitative estimate of drug-likeness (QED) is 0.594. The van der Waals surface area contributed by atoms with Crippen molar-refractivity contribution in [3.8, 4) is 11.5 Å². The summed E-state index contributed by atoms with van der Waals surface area (Å²) in [5.74, 6) is 0.990. The van der Waals surface area contributed by atoms with Crippen LogP contribution in [0.15, 0.2) is 24.4 Å². The number of hydrogen-bond donors (Lipinski definition) is 2. The van der Waals surface area contributed by atoms with Gasteiger partial charge in [0.2, 0.25) is 5.91 Å². The number of rotatable bonds is 9. The number of hydrogen-bond acceptors (Lipinski definition) is 6. The van der Waals surface area contributed by atoms with Crippen LogP contribution in [0.4, 0.5) is 0 Å². The zero-order chi connectivity index (χ0) is 20.8. The highest BCUT2D eigenvalue weighted by Gasteiger charge is 2.28. The van der Waals surface area contributed by atoms with Gasteiger partial charge in [-0.1, -0.05) is 0 Å². The third kappa shape index (κ3) is 4.86. The second kappa shape index (κ2) is 9.42. The molecule has 0 fully saturated rings. The van der Waals surface area contributed by atoms with Gasteiger partial charge in [-0.25, -0.2) is 0 Å². The minimum atomic E-state index is -0.184. The van der Waals surface area contributed by atoms with Gasteiger partial charge >= 0.3 is 0 Å². The maximum atomic E-state index is 12.6. The van der Waals surface area contributed by atoms with Crippen molar-refractivity contribution >= 4 is 11.8 Å². The Morgan fingerprint density at radius 2 is 2.07 bits per heavy atom. The van der Waals surface area contributed by atoms with E-state index in [4.69, 9.17) is 14.2 Å². The van der Waals surface area contributed by atoms with Crippen LogP contribution in [0.1, 0.15) is 21.6 Å². The van der Waals surface area contributed by atoms with E-state index < -0.39 is 0 Å². The lowest BCUT2D eigenvalue weighted by Crippen LogP contribution is -2.37. The molecule has 1 atom stereocenters. The summed E-state index contributed by atoms with van der Waals surface area (Å²) in [6.07, 6.45) is 2.29. The van der Waals surface area contributed by atoms with Crippen LogP contribution in [-0.2, 0) is 28.9 Å². The molecule has 0 radical (unpaired) electrons. The van der Waals surface area contributed by atoms with Crippen LogP contribution in [0, 0.1) is 0 Å². The lowest BCUT2D eigenvalue weighted by Gasteiger charge is -2.14. The first kappa shape index (κ1) is 20.7. The van der Waals surface area contributed by atoms with Gasteiger partial charge in [0.25, 0.3) is 5.91 Å². The third-order valence-electron chi connectivity index (χ3n) is 4.82. The number of carbonyl (C=O) groups is 2. The summed E-state index contributed by atoms with van der Waals surface area (Å²) >= 11 is 0. The summed E-state index contributed by atoms with van der Waals surface area (Å²) < 4.78 is 17.3. The first-order valence-electron chi connectivity index (χ1n) is 9.37. The first-order valence-corrected chi connectivity index (χ1v) is 9.37. The summed E-state index contributed by atoms with van der Waals surface area (Å²) in [5, 5.41) is 10.1. The largest absolute Gasteiger partial charge is 0.497 e. The minimum absolute atomic E-state index is 0.117. The highest BCUT2D eigenvalue weighted by molar-refractivity contribution is 5.95. The average molecular weight is 402 g/mol. The maximum absolute atomic E-state index is 12.6. The van der Waals surface area contributed by atoms with Gasteiger partial charge in [-0.2, -0.15) is 5.10 Å². The monoisotopic (exact) mass is 402 g/mol. The van der Waals surface area contributed by atoms with E-state index in [0.29, 0.717) is 43.2 Å². The van der Waals surface area contributed by atoms with Crippen molar-refractivity contribution in [2.45, 2.75) is 25.4 Å². The molecule has 0 saturated carbocycles. The molecule has 2 N–H and O–H groups in total. The molecule has 1 aliphatic rings. The van der Waals surface area contributed by atoms with Crippen molar-refractivity contribution in [2.75, 3.05) is 34.5 Å². The van der Waals surface area contributed by atoms with Crippen molar-refractivity contribution in [3.63, 3.8) is 0 Å². The number of methoxy groups -OCH3 is 3. The molecule has 1 aromatic heterocycles. The molecular weight excluding hydrogens is 376 g/mol. The van der Waals surface area contributed by atoms with Crippen LogP contribution >= 0.6 is 0 Å². The Kier molecular flexibility index (Phi) is 6.71. The maximum Gasteiger partial charge on any atom is 0.254 e. The number of aromatic nitrogens is 2. The second-order valence-electron chi connectivity index (χ2n) is 6.76. The molecule has 156 valence electrons. The van der Waals surface area contributed by atoms with Crippen molar-refractivity contribution in [2.24, 2.45) is 0 Å². The Morgan fingerprint density at radius 1 is 1.24 bits per heavy atom. The average Bonchev–Trinajstić information content (AvgIpc) is 3.27. The molecule has 0 saturated heterocycles. The predicted molar refractivity (Wildman–Crippen MR) is 105 cm³/mol. The molecule has 29 heavy (non-hydrogen) atoms. The van der Waals surface area contributed by atoms with E-state index in [1.165, 1.54) is 0 Å². The molecule has 3 rings (SSSR count). The van der Waals surface area contributed by atoms with Gasteiger partial charge in [-0.15, -0.1) is 0 Å². The van der Waals surface area contributed by atoms with Crippen LogP contribution in [-0.4, -0.2) is 62.1 Å². The fraction of sp³-hybridized carbons (Fsp3) is 0.450. The Balaban J connectivity index is 1.59. The van der Waals surface area contributed by atoms with E-state index in [1.54, 1.807) is 50.4 Å². The van der Waals surface area contributed by atoms with Crippen molar-refractivity contribution in [3.05, 3.63) is 41.2 Å². The van der Waals surface area contributed by atoms with Gasteiger partial charge in [0.15, 0.2) is 0 Å². The summed E-state index contributed by atoms with van der Waals surface area (Å²) in [6, 6.07) is 5.24. The molecule has 2 heterocycles. The van der Waals surface area contributed by atoms with E-state index in [-0.39, 0.29) is 24.3 Å². The third-order valence-corrected chi connectivity index (χ3v) is 4.82. The fourth-order valence-electron chi connectivity index (χ4n) is 3.41. The summed E-state index contributed by atoms with van der Waals surface area (Å²) in [6.45, 7) is 1.41. The SMILES string of the molecule is COCCNC(=O)c1cnn2c1C[C@H](NC(=O)Cc1cc(OC)ccc1OC)C2. The highest BCUT2D eigenvalue weighted by atomic mass is 16.5. The van der Waals surface area contributed by atoms with E-state index in [1.807, 2.05) is 0 Å². The molecule has 0 unspecified atom stereocenters. The Bertz CT molecular complexity index is 880. The van der Waals surface area contributed by atoms with E-state index in [9.17, 15) is 9.59 Å². The minimum Gasteiger partial charge on any atom is -0.497 e. The van der Waals surface area contributed by atoms with Crippen LogP contribution in [0.25, 0.3) is 0 Å². The first-order chi connectivity index (χ1) is 14.0. The zero-order valence-corrected chi connectivity index (χ0v) is 16.9. The van der Waals surface area contributed by atoms with Crippen molar-refractivity contribution < 1.29 is 23.8 Å². The van der Waals surface area contributed by atoms with Gasteiger partial charge < -0.3 is 24.8 Å². The highest BCUT2D eigenvalue weighted by Crippen LogP contribution is 2.25. The number of amides is 2. The zero-order valence-electron chi connectivity index (χ0n) is 16.9. The molecule has 0 spiro atoms. The molecular formula is C20H26N4O5. The smallest absolute Gasteiger partial charge is 0.254 e. The van der Waals surface area contributed by atoms with Gasteiger partial charge in [-0.05, 0) is 18.2 Å². The normalized spacial score (nSPS) is 14.9. The molecule has 1 aliphatic heterocycles. The summed E-state index contributed by atoms with van der Waals surface area (Å²) in [7, 11) is 4.73. The lowest BCUT2D eigenvalue weighted by atomic mass is 10.1. The van der Waals surface area contributed by atoms with Crippen molar-refractivity contribution in [1.82, 2.24) is 20.4 Å². The Labute approximate surface area is 169 Å². The van der Waals surface area contributed by atoms with E-state index in [0.717, 1.165) is 11.3 Å². The van der Waals surface area contributed by atoms with Gasteiger partial charge in [0.1, 0.15) is 11.5 Å². The van der Waals surface area contributed by atoms with E-state index in [2.05, 4.69) is 15.7 Å². The topological polar surface area (TPSA) is 104 Å². The number of fused-ring (bicyclic) bond motifs is 1. The van der Waals surface area contributed by atoms with Crippen molar-refractivity contribution in [1.29, 1.82) is 0 Å². The lowest BCUT2D eigenvalue weighted by molar-refractivity contribution is -0.121.